The van der Waals surface area contributed by atoms with Crippen LogP contribution in [0.1, 0.15) is 16.7 Å². The van der Waals surface area contributed by atoms with Gasteiger partial charge >= 0.3 is 0 Å². The maximum Gasteiger partial charge on any atom is 0.264 e. The van der Waals surface area contributed by atoms with Gasteiger partial charge in [-0.3, -0.25) is 14.1 Å². The maximum atomic E-state index is 13.6. The molecule has 1 amide bonds. The molecule has 36 heavy (non-hydrogen) atoms. The molecule has 4 rings (SSSR count). The molecule has 0 aliphatic carbocycles. The second-order valence-electron chi connectivity index (χ2n) is 8.23. The van der Waals surface area contributed by atoms with Crippen molar-refractivity contribution in [1.82, 2.24) is 10.3 Å². The summed E-state index contributed by atoms with van der Waals surface area (Å²) in [6.07, 6.45) is 3.33. The summed E-state index contributed by atoms with van der Waals surface area (Å²) in [5.41, 5.74) is 3.28. The Morgan fingerprint density at radius 2 is 1.53 bits per heavy atom. The predicted octanol–water partition coefficient (Wildman–Crippen LogP) is 4.48. The van der Waals surface area contributed by atoms with E-state index in [-0.39, 0.29) is 24.0 Å². The Labute approximate surface area is 211 Å². The highest BCUT2D eigenvalue weighted by Gasteiger charge is 2.25. The number of pyridine rings is 1. The minimum atomic E-state index is -3.82. The normalized spacial score (nSPS) is 11.0. The van der Waals surface area contributed by atoms with Gasteiger partial charge in [0, 0.05) is 18.9 Å². The topological polar surface area (TPSA) is 88.6 Å². The number of nitrogens with one attached hydrogen (secondary N) is 1. The molecule has 7 nitrogen and oxygen atoms in total. The van der Waals surface area contributed by atoms with Crippen LogP contribution in [-0.4, -0.2) is 25.9 Å². The highest BCUT2D eigenvalue weighted by molar-refractivity contribution is 7.92. The Morgan fingerprint density at radius 3 is 2.19 bits per heavy atom. The highest BCUT2D eigenvalue weighted by atomic mass is 32.2. The number of sulfonamides is 1. The van der Waals surface area contributed by atoms with Crippen molar-refractivity contribution in [2.75, 3.05) is 10.9 Å². The molecule has 0 atom stereocenters. The van der Waals surface area contributed by atoms with Crippen LogP contribution in [0.5, 0.6) is 5.75 Å². The molecule has 1 N–H and O–H groups in total. The number of carbonyl (C=O) groups is 1. The van der Waals surface area contributed by atoms with Crippen LogP contribution in [0.15, 0.2) is 108 Å². The van der Waals surface area contributed by atoms with Gasteiger partial charge in [0.25, 0.3) is 15.9 Å². The molecule has 0 saturated carbocycles. The fraction of sp³-hybridized carbons (Fsp3) is 0.143. The first-order valence-corrected chi connectivity index (χ1v) is 12.9. The molecule has 4 aromatic rings. The summed E-state index contributed by atoms with van der Waals surface area (Å²) in [6, 6.07) is 26.5. The van der Waals surface area contributed by atoms with Gasteiger partial charge in [-0.15, -0.1) is 0 Å². The average Bonchev–Trinajstić information content (AvgIpc) is 2.91. The zero-order chi connectivity index (χ0) is 25.4. The molecular formula is C28H27N3O4S. The second-order valence-corrected chi connectivity index (χ2v) is 10.1. The van der Waals surface area contributed by atoms with Gasteiger partial charge in [0.2, 0.25) is 0 Å². The van der Waals surface area contributed by atoms with E-state index in [9.17, 15) is 13.2 Å². The molecule has 3 aromatic carbocycles. The zero-order valence-corrected chi connectivity index (χ0v) is 20.7. The van der Waals surface area contributed by atoms with E-state index in [1.807, 2.05) is 49.4 Å². The number of nitrogens with zero attached hydrogens (tertiary/aromatic N) is 2. The van der Waals surface area contributed by atoms with E-state index in [1.54, 1.807) is 60.9 Å². The Balaban J connectivity index is 1.47. The van der Waals surface area contributed by atoms with Crippen molar-refractivity contribution in [3.63, 3.8) is 0 Å². The number of ether oxygens (including phenoxy) is 1. The molecule has 0 spiro atoms. The standard InChI is InChI=1S/C28H27N3O4S/c1-22-7-13-27(14-8-22)36(33,34)31(20-24-5-3-2-4-6-24)25-9-11-26(12-10-25)35-21-28(32)30-19-23-15-17-29-18-16-23/h2-18H,19-21H2,1H3,(H,30,32). The third kappa shape index (κ3) is 6.49. The van der Waals surface area contributed by atoms with Crippen LogP contribution >= 0.6 is 0 Å². The number of anilines is 1. The molecule has 0 radical (unpaired) electrons. The van der Waals surface area contributed by atoms with Crippen molar-refractivity contribution >= 4 is 21.6 Å². The monoisotopic (exact) mass is 501 g/mol. The lowest BCUT2D eigenvalue weighted by Gasteiger charge is -2.25. The van der Waals surface area contributed by atoms with Crippen LogP contribution in [0.4, 0.5) is 5.69 Å². The minimum absolute atomic E-state index is 0.153. The SMILES string of the molecule is Cc1ccc(S(=O)(=O)N(Cc2ccccc2)c2ccc(OCC(=O)NCc3ccncc3)cc2)cc1. The number of hydrogen-bond donors (Lipinski definition) is 1. The molecule has 8 heteroatoms. The van der Waals surface area contributed by atoms with Gasteiger partial charge in [-0.05, 0) is 66.6 Å². The van der Waals surface area contributed by atoms with Crippen molar-refractivity contribution in [3.05, 3.63) is 120 Å². The first kappa shape index (κ1) is 24.9. The number of rotatable bonds is 10. The largest absolute Gasteiger partial charge is 0.484 e. The molecule has 184 valence electrons. The number of aryl methyl sites for hydroxylation is 1. The van der Waals surface area contributed by atoms with Crippen molar-refractivity contribution in [2.45, 2.75) is 24.9 Å². The Kier molecular flexibility index (Phi) is 7.97. The van der Waals surface area contributed by atoms with E-state index in [4.69, 9.17) is 4.74 Å². The van der Waals surface area contributed by atoms with Gasteiger partial charge in [-0.1, -0.05) is 48.0 Å². The lowest BCUT2D eigenvalue weighted by molar-refractivity contribution is -0.123. The average molecular weight is 502 g/mol. The highest BCUT2D eigenvalue weighted by Crippen LogP contribution is 2.28. The number of amides is 1. The lowest BCUT2D eigenvalue weighted by Crippen LogP contribution is -2.30. The van der Waals surface area contributed by atoms with Crippen LogP contribution in [0.25, 0.3) is 0 Å². The summed E-state index contributed by atoms with van der Waals surface area (Å²) in [6.45, 7) is 2.32. The van der Waals surface area contributed by atoms with Gasteiger partial charge in [-0.2, -0.15) is 0 Å². The number of hydrogen-bond acceptors (Lipinski definition) is 5. The quantitative estimate of drug-likeness (QED) is 0.346. The van der Waals surface area contributed by atoms with E-state index < -0.39 is 10.0 Å². The molecule has 0 unspecified atom stereocenters. The molecule has 0 bridgehead atoms. The first-order chi connectivity index (χ1) is 17.4. The van der Waals surface area contributed by atoms with Gasteiger partial charge in [-0.25, -0.2) is 8.42 Å². The molecule has 0 saturated heterocycles. The molecule has 1 aromatic heterocycles. The Bertz CT molecular complexity index is 1380. The summed E-state index contributed by atoms with van der Waals surface area (Å²) in [7, 11) is -3.82. The van der Waals surface area contributed by atoms with Crippen LogP contribution in [0.2, 0.25) is 0 Å². The third-order valence-electron chi connectivity index (χ3n) is 5.51. The summed E-state index contributed by atoms with van der Waals surface area (Å²) in [4.78, 5) is 16.3. The zero-order valence-electron chi connectivity index (χ0n) is 19.9. The van der Waals surface area contributed by atoms with Crippen molar-refractivity contribution in [2.24, 2.45) is 0 Å². The van der Waals surface area contributed by atoms with Gasteiger partial charge < -0.3 is 10.1 Å². The van der Waals surface area contributed by atoms with E-state index in [0.717, 1.165) is 16.7 Å². The van der Waals surface area contributed by atoms with E-state index >= 15 is 0 Å². The lowest BCUT2D eigenvalue weighted by atomic mass is 10.2. The van der Waals surface area contributed by atoms with Crippen LogP contribution in [0, 0.1) is 6.92 Å². The summed E-state index contributed by atoms with van der Waals surface area (Å²) < 4.78 is 34.1. The fourth-order valence-electron chi connectivity index (χ4n) is 3.51. The third-order valence-corrected chi connectivity index (χ3v) is 7.30. The Hall–Kier alpha value is -4.17. The van der Waals surface area contributed by atoms with E-state index in [2.05, 4.69) is 10.3 Å². The Morgan fingerprint density at radius 1 is 0.861 bits per heavy atom. The molecule has 0 aliphatic heterocycles. The second kappa shape index (κ2) is 11.5. The summed E-state index contributed by atoms with van der Waals surface area (Å²) >= 11 is 0. The summed E-state index contributed by atoms with van der Waals surface area (Å²) in [5.74, 6) is 0.203. The molecular weight excluding hydrogens is 474 g/mol. The van der Waals surface area contributed by atoms with Crippen molar-refractivity contribution in [3.8, 4) is 5.75 Å². The fourth-order valence-corrected chi connectivity index (χ4v) is 4.96. The molecule has 0 fully saturated rings. The van der Waals surface area contributed by atoms with Gasteiger partial charge in [0.1, 0.15) is 5.75 Å². The first-order valence-electron chi connectivity index (χ1n) is 11.4. The van der Waals surface area contributed by atoms with Crippen LogP contribution in [0.3, 0.4) is 0 Å². The number of carbonyl (C=O) groups excluding carboxylic acids is 1. The van der Waals surface area contributed by atoms with Gasteiger partial charge in [0.15, 0.2) is 6.61 Å². The van der Waals surface area contributed by atoms with Crippen molar-refractivity contribution in [1.29, 1.82) is 0 Å². The number of benzene rings is 3. The van der Waals surface area contributed by atoms with E-state index in [1.165, 1.54) is 4.31 Å². The minimum Gasteiger partial charge on any atom is -0.484 e. The predicted molar refractivity (Wildman–Crippen MR) is 139 cm³/mol. The molecule has 0 aliphatic rings. The smallest absolute Gasteiger partial charge is 0.264 e. The van der Waals surface area contributed by atoms with Crippen molar-refractivity contribution < 1.29 is 17.9 Å². The maximum absolute atomic E-state index is 13.6. The van der Waals surface area contributed by atoms with Crippen LogP contribution < -0.4 is 14.4 Å². The number of aromatic nitrogens is 1. The van der Waals surface area contributed by atoms with Gasteiger partial charge in [0.05, 0.1) is 17.1 Å². The van der Waals surface area contributed by atoms with Crippen LogP contribution in [-0.2, 0) is 27.9 Å². The molecule has 1 heterocycles. The van der Waals surface area contributed by atoms with E-state index in [0.29, 0.717) is 18.0 Å². The summed E-state index contributed by atoms with van der Waals surface area (Å²) in [5, 5.41) is 2.79.